The smallest absolute Gasteiger partial charge is 0.336 e. The SMILES string of the molecule is COc1cc2ccc(=O)oc2c(O[C@@H]2O[C@H](CO)[C@@H](O)[C@@H](O)[C@@H]2O)c1O. The van der Waals surface area contributed by atoms with Gasteiger partial charge < -0.3 is 44.2 Å². The van der Waals surface area contributed by atoms with E-state index >= 15 is 0 Å². The molecule has 26 heavy (non-hydrogen) atoms. The number of phenolic OH excluding ortho intramolecular Hbond substituents is 1. The van der Waals surface area contributed by atoms with Crippen LogP contribution in [0.3, 0.4) is 0 Å². The number of ether oxygens (including phenoxy) is 3. The number of aliphatic hydroxyl groups excluding tert-OH is 4. The topological polar surface area (TPSA) is 159 Å². The van der Waals surface area contributed by atoms with Gasteiger partial charge in [0.25, 0.3) is 0 Å². The molecule has 5 N–H and O–H groups in total. The molecule has 10 nitrogen and oxygen atoms in total. The number of hydrogen-bond acceptors (Lipinski definition) is 10. The summed E-state index contributed by atoms with van der Waals surface area (Å²) < 4.78 is 20.8. The van der Waals surface area contributed by atoms with Crippen molar-refractivity contribution in [1.29, 1.82) is 0 Å². The van der Waals surface area contributed by atoms with Crippen LogP contribution in [0.2, 0.25) is 0 Å². The summed E-state index contributed by atoms with van der Waals surface area (Å²) in [7, 11) is 1.30. The van der Waals surface area contributed by atoms with Gasteiger partial charge in [-0.3, -0.25) is 0 Å². The second kappa shape index (κ2) is 7.09. The Hall–Kier alpha value is -2.37. The fourth-order valence-corrected chi connectivity index (χ4v) is 2.69. The van der Waals surface area contributed by atoms with E-state index in [2.05, 4.69) is 0 Å². The van der Waals surface area contributed by atoms with Gasteiger partial charge in [-0.25, -0.2) is 4.79 Å². The zero-order chi connectivity index (χ0) is 19.0. The summed E-state index contributed by atoms with van der Waals surface area (Å²) in [5, 5.41) is 49.6. The van der Waals surface area contributed by atoms with E-state index < -0.39 is 48.7 Å². The third-order valence-corrected chi connectivity index (χ3v) is 4.11. The fourth-order valence-electron chi connectivity index (χ4n) is 2.69. The number of aliphatic hydroxyl groups is 4. The van der Waals surface area contributed by atoms with Crippen LogP contribution in [0, 0.1) is 0 Å². The second-order valence-corrected chi connectivity index (χ2v) is 5.74. The Kier molecular flexibility index (Phi) is 5.03. The zero-order valence-electron chi connectivity index (χ0n) is 13.6. The molecule has 2 heterocycles. The predicted octanol–water partition coefficient (Wildman–Crippen LogP) is -1.31. The number of methoxy groups -OCH3 is 1. The van der Waals surface area contributed by atoms with Crippen LogP contribution in [0.1, 0.15) is 0 Å². The molecule has 3 rings (SSSR count). The van der Waals surface area contributed by atoms with Gasteiger partial charge in [0.05, 0.1) is 13.7 Å². The highest BCUT2D eigenvalue weighted by molar-refractivity contribution is 5.87. The average molecular weight is 370 g/mol. The molecule has 1 aromatic heterocycles. The summed E-state index contributed by atoms with van der Waals surface area (Å²) in [6.07, 6.45) is -7.72. The summed E-state index contributed by atoms with van der Waals surface area (Å²) in [6, 6.07) is 3.99. The van der Waals surface area contributed by atoms with Crippen LogP contribution in [0.5, 0.6) is 17.2 Å². The van der Waals surface area contributed by atoms with E-state index in [-0.39, 0.29) is 17.1 Å². The Bertz CT molecular complexity index is 845. The highest BCUT2D eigenvalue weighted by Crippen LogP contribution is 2.43. The molecule has 0 saturated carbocycles. The van der Waals surface area contributed by atoms with Gasteiger partial charge in [0.15, 0.2) is 11.3 Å². The Morgan fingerprint density at radius 1 is 1.15 bits per heavy atom. The molecule has 0 bridgehead atoms. The van der Waals surface area contributed by atoms with Crippen LogP contribution in [0.25, 0.3) is 11.0 Å². The van der Waals surface area contributed by atoms with E-state index in [1.54, 1.807) is 0 Å². The lowest BCUT2D eigenvalue weighted by atomic mass is 9.99. The maximum Gasteiger partial charge on any atom is 0.336 e. The molecule has 5 atom stereocenters. The first-order chi connectivity index (χ1) is 12.4. The van der Waals surface area contributed by atoms with Crippen molar-refractivity contribution >= 4 is 11.0 Å². The van der Waals surface area contributed by atoms with Gasteiger partial charge >= 0.3 is 5.63 Å². The van der Waals surface area contributed by atoms with Crippen molar-refractivity contribution in [3.8, 4) is 17.2 Å². The average Bonchev–Trinajstić information content (AvgIpc) is 2.64. The minimum absolute atomic E-state index is 0.00550. The van der Waals surface area contributed by atoms with E-state index in [9.17, 15) is 30.3 Å². The molecule has 0 aliphatic carbocycles. The lowest BCUT2D eigenvalue weighted by Crippen LogP contribution is -2.60. The van der Waals surface area contributed by atoms with Gasteiger partial charge in [-0.2, -0.15) is 0 Å². The normalized spacial score (nSPS) is 28.9. The van der Waals surface area contributed by atoms with E-state index in [0.717, 1.165) is 6.07 Å². The van der Waals surface area contributed by atoms with Crippen LogP contribution < -0.4 is 15.1 Å². The number of fused-ring (bicyclic) bond motifs is 1. The van der Waals surface area contributed by atoms with E-state index in [1.807, 2.05) is 0 Å². The highest BCUT2D eigenvalue weighted by Gasteiger charge is 2.45. The summed E-state index contributed by atoms with van der Waals surface area (Å²) in [4.78, 5) is 11.5. The molecule has 0 radical (unpaired) electrons. The Balaban J connectivity index is 2.06. The summed E-state index contributed by atoms with van der Waals surface area (Å²) in [5.41, 5.74) is -0.839. The van der Waals surface area contributed by atoms with E-state index in [1.165, 1.54) is 19.2 Å². The molecule has 2 aromatic rings. The number of hydrogen-bond donors (Lipinski definition) is 5. The molecule has 0 spiro atoms. The van der Waals surface area contributed by atoms with Crippen molar-refractivity contribution in [3.63, 3.8) is 0 Å². The van der Waals surface area contributed by atoms with Crippen molar-refractivity contribution in [2.75, 3.05) is 13.7 Å². The van der Waals surface area contributed by atoms with Crippen LogP contribution in [0.4, 0.5) is 0 Å². The van der Waals surface area contributed by atoms with Gasteiger partial charge in [0, 0.05) is 11.5 Å². The molecule has 0 unspecified atom stereocenters. The minimum atomic E-state index is -1.70. The van der Waals surface area contributed by atoms with Crippen molar-refractivity contribution in [1.82, 2.24) is 0 Å². The van der Waals surface area contributed by atoms with Gasteiger partial charge in [-0.15, -0.1) is 0 Å². The maximum absolute atomic E-state index is 11.5. The van der Waals surface area contributed by atoms with Crippen LogP contribution >= 0.6 is 0 Å². The van der Waals surface area contributed by atoms with Gasteiger partial charge in [-0.05, 0) is 12.1 Å². The number of aromatic hydroxyl groups is 1. The zero-order valence-corrected chi connectivity index (χ0v) is 13.6. The summed E-state index contributed by atoms with van der Waals surface area (Å²) in [5.74, 6) is -0.876. The highest BCUT2D eigenvalue weighted by atomic mass is 16.7. The lowest BCUT2D eigenvalue weighted by molar-refractivity contribution is -0.277. The molecule has 1 aromatic carbocycles. The van der Waals surface area contributed by atoms with E-state index in [4.69, 9.17) is 18.6 Å². The number of rotatable bonds is 4. The number of benzene rings is 1. The molecule has 1 saturated heterocycles. The molecule has 1 aliphatic rings. The third-order valence-electron chi connectivity index (χ3n) is 4.11. The molecule has 10 heteroatoms. The first-order valence-corrected chi connectivity index (χ1v) is 7.68. The Morgan fingerprint density at radius 2 is 1.88 bits per heavy atom. The maximum atomic E-state index is 11.5. The second-order valence-electron chi connectivity index (χ2n) is 5.74. The molecule has 1 aliphatic heterocycles. The Morgan fingerprint density at radius 3 is 2.54 bits per heavy atom. The molecule has 142 valence electrons. The van der Waals surface area contributed by atoms with Gasteiger partial charge in [0.1, 0.15) is 24.4 Å². The van der Waals surface area contributed by atoms with Crippen molar-refractivity contribution in [2.45, 2.75) is 30.7 Å². The molecule has 0 amide bonds. The van der Waals surface area contributed by atoms with Gasteiger partial charge in [0.2, 0.25) is 17.8 Å². The molecular weight excluding hydrogens is 352 g/mol. The van der Waals surface area contributed by atoms with Gasteiger partial charge in [-0.1, -0.05) is 0 Å². The quantitative estimate of drug-likeness (QED) is 0.409. The fraction of sp³-hybridized carbons (Fsp3) is 0.438. The first kappa shape index (κ1) is 18.4. The van der Waals surface area contributed by atoms with E-state index in [0.29, 0.717) is 5.39 Å². The summed E-state index contributed by atoms with van der Waals surface area (Å²) in [6.45, 7) is -0.648. The van der Waals surface area contributed by atoms with Crippen LogP contribution in [-0.4, -0.2) is 70.0 Å². The van der Waals surface area contributed by atoms with Crippen molar-refractivity contribution in [2.24, 2.45) is 0 Å². The lowest BCUT2D eigenvalue weighted by Gasteiger charge is -2.39. The third kappa shape index (κ3) is 3.08. The largest absolute Gasteiger partial charge is 0.502 e. The van der Waals surface area contributed by atoms with Crippen LogP contribution in [-0.2, 0) is 4.74 Å². The minimum Gasteiger partial charge on any atom is -0.502 e. The first-order valence-electron chi connectivity index (χ1n) is 7.68. The Labute approximate surface area is 146 Å². The predicted molar refractivity (Wildman–Crippen MR) is 85.1 cm³/mol. The monoisotopic (exact) mass is 370 g/mol. The number of phenols is 1. The molecule has 1 fully saturated rings. The van der Waals surface area contributed by atoms with Crippen molar-refractivity contribution in [3.05, 3.63) is 28.6 Å². The summed E-state index contributed by atoms with van der Waals surface area (Å²) >= 11 is 0. The van der Waals surface area contributed by atoms with Crippen molar-refractivity contribution < 1.29 is 44.2 Å². The standard InChI is InChI=1S/C16H18O10/c1-23-7-4-6-2-3-9(18)25-14(6)15(11(7)20)26-16-13(22)12(21)10(19)8(5-17)24-16/h2-4,8,10,12-13,16-17,19-22H,5H2,1H3/t8-,10-,12-,13+,16+/m1/s1. The van der Waals surface area contributed by atoms with Crippen LogP contribution in [0.15, 0.2) is 27.4 Å². The molecular formula is C16H18O10.